The average Bonchev–Trinajstić information content (AvgIpc) is 2.85. The lowest BCUT2D eigenvalue weighted by Crippen LogP contribution is -2.34. The van der Waals surface area contributed by atoms with Crippen LogP contribution in [0.5, 0.6) is 0 Å². The van der Waals surface area contributed by atoms with Crippen LogP contribution in [-0.4, -0.2) is 22.5 Å². The van der Waals surface area contributed by atoms with Gasteiger partial charge in [-0.05, 0) is 19.1 Å². The van der Waals surface area contributed by atoms with Crippen molar-refractivity contribution >= 4 is 58.0 Å². The van der Waals surface area contributed by atoms with Crippen molar-refractivity contribution in [2.75, 3.05) is 11.9 Å². The Bertz CT molecular complexity index is 647. The second-order valence-electron chi connectivity index (χ2n) is 4.13. The molecule has 0 atom stereocenters. The van der Waals surface area contributed by atoms with Crippen molar-refractivity contribution in [1.29, 1.82) is 0 Å². The Morgan fingerprint density at radius 2 is 2.10 bits per heavy atom. The zero-order chi connectivity index (χ0) is 15.4. The molecule has 0 saturated carbocycles. The Morgan fingerprint density at radius 3 is 2.67 bits per heavy atom. The van der Waals surface area contributed by atoms with Gasteiger partial charge in [0.1, 0.15) is 5.82 Å². The molecule has 8 heteroatoms. The molecule has 2 aromatic rings. The minimum Gasteiger partial charge on any atom is -0.320 e. The molecule has 2 rings (SSSR count). The number of rotatable bonds is 4. The highest BCUT2D eigenvalue weighted by Gasteiger charge is 2.14. The van der Waals surface area contributed by atoms with E-state index in [1.165, 1.54) is 23.6 Å². The third-order valence-electron chi connectivity index (χ3n) is 2.69. The summed E-state index contributed by atoms with van der Waals surface area (Å²) in [6, 6.07) is 4.97. The number of anilines is 1. The van der Waals surface area contributed by atoms with Crippen molar-refractivity contribution in [3.63, 3.8) is 0 Å². The molecular formula is C13H12Cl3N3OS. The summed E-state index contributed by atoms with van der Waals surface area (Å²) >= 11 is 19.0. The van der Waals surface area contributed by atoms with Gasteiger partial charge in [-0.1, -0.05) is 34.8 Å². The van der Waals surface area contributed by atoms with Gasteiger partial charge in [-0.3, -0.25) is 5.32 Å². The van der Waals surface area contributed by atoms with E-state index < -0.39 is 0 Å². The van der Waals surface area contributed by atoms with Gasteiger partial charge >= 0.3 is 6.03 Å². The molecule has 0 radical (unpaired) electrons. The summed E-state index contributed by atoms with van der Waals surface area (Å²) in [6.07, 6.45) is 1.40. The van der Waals surface area contributed by atoms with Crippen LogP contribution in [0.15, 0.2) is 24.4 Å². The maximum Gasteiger partial charge on any atom is 0.323 e. The Kier molecular flexibility index (Phi) is 5.70. The van der Waals surface area contributed by atoms with E-state index in [2.05, 4.69) is 10.3 Å². The highest BCUT2D eigenvalue weighted by atomic mass is 35.5. The van der Waals surface area contributed by atoms with Crippen molar-refractivity contribution in [2.45, 2.75) is 13.5 Å². The largest absolute Gasteiger partial charge is 0.323 e. The molecule has 4 nitrogen and oxygen atoms in total. The summed E-state index contributed by atoms with van der Waals surface area (Å²) in [7, 11) is 0. The molecule has 0 aliphatic rings. The van der Waals surface area contributed by atoms with Crippen LogP contribution >= 0.6 is 46.1 Å². The average molecular weight is 365 g/mol. The standard InChI is InChI=1S/C13H12Cl3N3OS/c1-2-19(7-8-3-4-11(16)21-8)13(20)18-12-5-9(14)10(15)6-17-12/h3-6H,2,7H2,1H3,(H,17,18,20). The second-order valence-corrected chi connectivity index (χ2v) is 6.75. The number of hydrogen-bond donors (Lipinski definition) is 1. The number of carbonyl (C=O) groups is 1. The molecule has 0 aromatic carbocycles. The van der Waals surface area contributed by atoms with Crippen LogP contribution in [-0.2, 0) is 6.54 Å². The Balaban J connectivity index is 2.04. The number of nitrogens with zero attached hydrogens (tertiary/aromatic N) is 2. The number of carbonyl (C=O) groups excluding carboxylic acids is 1. The van der Waals surface area contributed by atoms with Gasteiger partial charge in [0.25, 0.3) is 0 Å². The van der Waals surface area contributed by atoms with Gasteiger partial charge in [-0.25, -0.2) is 9.78 Å². The van der Waals surface area contributed by atoms with E-state index >= 15 is 0 Å². The molecule has 0 bridgehead atoms. The second kappa shape index (κ2) is 7.31. The smallest absolute Gasteiger partial charge is 0.320 e. The zero-order valence-corrected chi connectivity index (χ0v) is 14.2. The highest BCUT2D eigenvalue weighted by molar-refractivity contribution is 7.16. The van der Waals surface area contributed by atoms with Crippen LogP contribution < -0.4 is 5.32 Å². The fraction of sp³-hybridized carbons (Fsp3) is 0.231. The Morgan fingerprint density at radius 1 is 1.33 bits per heavy atom. The first-order valence-electron chi connectivity index (χ1n) is 6.10. The molecule has 21 heavy (non-hydrogen) atoms. The van der Waals surface area contributed by atoms with E-state index in [-0.39, 0.29) is 6.03 Å². The summed E-state index contributed by atoms with van der Waals surface area (Å²) in [6.45, 7) is 2.95. The summed E-state index contributed by atoms with van der Waals surface area (Å²) in [4.78, 5) is 18.9. The van der Waals surface area contributed by atoms with Gasteiger partial charge in [0, 0.05) is 23.7 Å². The molecule has 2 heterocycles. The molecule has 2 amide bonds. The van der Waals surface area contributed by atoms with E-state index in [9.17, 15) is 4.79 Å². The van der Waals surface area contributed by atoms with Crippen LogP contribution in [0.1, 0.15) is 11.8 Å². The lowest BCUT2D eigenvalue weighted by atomic mass is 10.4. The first kappa shape index (κ1) is 16.4. The number of amides is 2. The molecule has 0 fully saturated rings. The monoisotopic (exact) mass is 363 g/mol. The highest BCUT2D eigenvalue weighted by Crippen LogP contribution is 2.24. The van der Waals surface area contributed by atoms with Crippen LogP contribution in [0.3, 0.4) is 0 Å². The number of hydrogen-bond acceptors (Lipinski definition) is 3. The fourth-order valence-corrected chi connectivity index (χ4v) is 2.98. The summed E-state index contributed by atoms with van der Waals surface area (Å²) in [5.74, 6) is 0.358. The predicted molar refractivity (Wildman–Crippen MR) is 88.7 cm³/mol. The lowest BCUT2D eigenvalue weighted by Gasteiger charge is -2.20. The van der Waals surface area contributed by atoms with Gasteiger partial charge < -0.3 is 4.90 Å². The fourth-order valence-electron chi connectivity index (χ4n) is 1.62. The lowest BCUT2D eigenvalue weighted by molar-refractivity contribution is 0.212. The molecule has 0 aliphatic carbocycles. The normalized spacial score (nSPS) is 10.5. The van der Waals surface area contributed by atoms with Gasteiger partial charge in [0.05, 0.1) is 20.9 Å². The molecule has 2 aromatic heterocycles. The Labute approximate surface area is 141 Å². The first-order valence-corrected chi connectivity index (χ1v) is 8.05. The van der Waals surface area contributed by atoms with Gasteiger partial charge in [-0.15, -0.1) is 11.3 Å². The maximum atomic E-state index is 12.2. The number of halogens is 3. The van der Waals surface area contributed by atoms with Crippen molar-refractivity contribution in [2.24, 2.45) is 0 Å². The third-order valence-corrected chi connectivity index (χ3v) is 4.61. The van der Waals surface area contributed by atoms with Crippen LogP contribution in [0.2, 0.25) is 14.4 Å². The first-order chi connectivity index (χ1) is 9.99. The number of thiophene rings is 1. The van der Waals surface area contributed by atoms with Crippen LogP contribution in [0.4, 0.5) is 10.6 Å². The van der Waals surface area contributed by atoms with E-state index in [4.69, 9.17) is 34.8 Å². The van der Waals surface area contributed by atoms with Crippen molar-refractivity contribution in [3.05, 3.63) is 43.7 Å². The topological polar surface area (TPSA) is 45.2 Å². The van der Waals surface area contributed by atoms with Crippen LogP contribution in [0.25, 0.3) is 0 Å². The number of aromatic nitrogens is 1. The molecule has 0 unspecified atom stereocenters. The SMILES string of the molecule is CCN(Cc1ccc(Cl)s1)C(=O)Nc1cc(Cl)c(Cl)cn1. The predicted octanol–water partition coefficient (Wildman–Crippen LogP) is 5.16. The van der Waals surface area contributed by atoms with E-state index in [0.717, 1.165) is 4.88 Å². The Hall–Kier alpha value is -1.01. The van der Waals surface area contributed by atoms with Crippen molar-refractivity contribution in [3.8, 4) is 0 Å². The maximum absolute atomic E-state index is 12.2. The van der Waals surface area contributed by atoms with Crippen molar-refractivity contribution < 1.29 is 4.79 Å². The minimum absolute atomic E-state index is 0.257. The molecule has 0 aliphatic heterocycles. The van der Waals surface area contributed by atoms with E-state index in [0.29, 0.717) is 33.3 Å². The number of pyridine rings is 1. The molecule has 112 valence electrons. The summed E-state index contributed by atoms with van der Waals surface area (Å²) in [5, 5.41) is 3.38. The quantitative estimate of drug-likeness (QED) is 0.814. The molecular weight excluding hydrogens is 353 g/mol. The number of nitrogens with one attached hydrogen (secondary N) is 1. The van der Waals surface area contributed by atoms with Gasteiger partial charge in [-0.2, -0.15) is 0 Å². The summed E-state index contributed by atoms with van der Waals surface area (Å²) < 4.78 is 0.701. The zero-order valence-electron chi connectivity index (χ0n) is 11.1. The van der Waals surface area contributed by atoms with Gasteiger partial charge in [0.15, 0.2) is 0 Å². The molecule has 1 N–H and O–H groups in total. The van der Waals surface area contributed by atoms with Crippen LogP contribution in [0, 0.1) is 0 Å². The number of urea groups is 1. The van der Waals surface area contributed by atoms with E-state index in [1.807, 2.05) is 19.1 Å². The minimum atomic E-state index is -0.257. The van der Waals surface area contributed by atoms with Gasteiger partial charge in [0.2, 0.25) is 0 Å². The van der Waals surface area contributed by atoms with Crippen molar-refractivity contribution in [1.82, 2.24) is 9.88 Å². The van der Waals surface area contributed by atoms with E-state index in [1.54, 1.807) is 4.90 Å². The molecule has 0 saturated heterocycles. The summed E-state index contributed by atoms with van der Waals surface area (Å²) in [5.41, 5.74) is 0. The third kappa shape index (κ3) is 4.48. The molecule has 0 spiro atoms.